The number of nitrogens with one attached hydrogen (secondary N) is 1. The fraction of sp³-hybridized carbons (Fsp3) is 0.471. The molecule has 0 radical (unpaired) electrons. The molecule has 0 aliphatic carbocycles. The summed E-state index contributed by atoms with van der Waals surface area (Å²) in [6.07, 6.45) is 3.11. The molecule has 1 N–H and O–H groups in total. The molecular formula is C17H22N2O4S. The lowest BCUT2D eigenvalue weighted by atomic mass is 10.1. The van der Waals surface area contributed by atoms with E-state index in [1.807, 2.05) is 6.92 Å². The highest BCUT2D eigenvalue weighted by Crippen LogP contribution is 2.33. The SMILES string of the molecule is CCCCC(=O)c1sc(NC(=O)OC(C)(C)C)nc1-c1ccco1. The van der Waals surface area contributed by atoms with Crippen molar-refractivity contribution in [3.05, 3.63) is 23.3 Å². The van der Waals surface area contributed by atoms with Crippen LogP contribution in [0.2, 0.25) is 0 Å². The Labute approximate surface area is 145 Å². The highest BCUT2D eigenvalue weighted by Gasteiger charge is 2.23. The van der Waals surface area contributed by atoms with Crippen LogP contribution in [0.4, 0.5) is 9.93 Å². The Morgan fingerprint density at radius 2 is 2.12 bits per heavy atom. The van der Waals surface area contributed by atoms with Crippen LogP contribution in [0.5, 0.6) is 0 Å². The standard InChI is InChI=1S/C17H22N2O4S/c1-5-6-8-11(20)14-13(12-9-7-10-22-12)18-15(24-14)19-16(21)23-17(2,3)4/h7,9-10H,5-6,8H2,1-4H3,(H,18,19,21). The van der Waals surface area contributed by atoms with Gasteiger partial charge in [-0.1, -0.05) is 24.7 Å². The molecule has 0 aromatic carbocycles. The van der Waals surface area contributed by atoms with Crippen LogP contribution in [0, 0.1) is 0 Å². The van der Waals surface area contributed by atoms with Gasteiger partial charge in [0, 0.05) is 6.42 Å². The molecular weight excluding hydrogens is 328 g/mol. The second-order valence-electron chi connectivity index (χ2n) is 6.33. The molecule has 6 nitrogen and oxygen atoms in total. The van der Waals surface area contributed by atoms with E-state index in [9.17, 15) is 9.59 Å². The zero-order valence-corrected chi connectivity index (χ0v) is 15.2. The van der Waals surface area contributed by atoms with Crippen molar-refractivity contribution >= 4 is 28.3 Å². The second kappa shape index (κ2) is 7.61. The zero-order chi connectivity index (χ0) is 17.7. The summed E-state index contributed by atoms with van der Waals surface area (Å²) in [5.41, 5.74) is -0.150. The minimum Gasteiger partial charge on any atom is -0.463 e. The van der Waals surface area contributed by atoms with Gasteiger partial charge in [0.1, 0.15) is 16.2 Å². The molecule has 0 unspecified atom stereocenters. The molecule has 0 bridgehead atoms. The summed E-state index contributed by atoms with van der Waals surface area (Å²) in [4.78, 5) is 29.2. The number of thiazole rings is 1. The molecule has 2 heterocycles. The first-order valence-corrected chi connectivity index (χ1v) is 8.69. The second-order valence-corrected chi connectivity index (χ2v) is 7.33. The number of amides is 1. The van der Waals surface area contributed by atoms with Crippen LogP contribution in [-0.4, -0.2) is 22.5 Å². The largest absolute Gasteiger partial charge is 0.463 e. The van der Waals surface area contributed by atoms with Crippen LogP contribution < -0.4 is 5.32 Å². The first-order valence-electron chi connectivity index (χ1n) is 7.88. The Morgan fingerprint density at radius 1 is 1.38 bits per heavy atom. The van der Waals surface area contributed by atoms with Gasteiger partial charge in [0.2, 0.25) is 0 Å². The number of nitrogens with zero attached hydrogens (tertiary/aromatic N) is 1. The Hall–Kier alpha value is -2.15. The van der Waals surface area contributed by atoms with Crippen molar-refractivity contribution in [1.82, 2.24) is 4.98 Å². The lowest BCUT2D eigenvalue weighted by molar-refractivity contribution is 0.0635. The summed E-state index contributed by atoms with van der Waals surface area (Å²) in [6.45, 7) is 7.37. The van der Waals surface area contributed by atoms with Gasteiger partial charge in [-0.05, 0) is 39.3 Å². The number of anilines is 1. The van der Waals surface area contributed by atoms with Crippen molar-refractivity contribution in [1.29, 1.82) is 0 Å². The third kappa shape index (κ3) is 4.92. The van der Waals surface area contributed by atoms with E-state index in [4.69, 9.17) is 9.15 Å². The van der Waals surface area contributed by atoms with Gasteiger partial charge in [-0.25, -0.2) is 9.78 Å². The maximum Gasteiger partial charge on any atom is 0.413 e. The summed E-state index contributed by atoms with van der Waals surface area (Å²) < 4.78 is 10.6. The van der Waals surface area contributed by atoms with Crippen LogP contribution >= 0.6 is 11.3 Å². The number of aromatic nitrogens is 1. The molecule has 2 aromatic rings. The molecule has 130 valence electrons. The van der Waals surface area contributed by atoms with Crippen molar-refractivity contribution in [2.75, 3.05) is 5.32 Å². The number of Topliss-reactive ketones (excluding diaryl/α,β-unsaturated/α-hetero) is 1. The molecule has 1 amide bonds. The van der Waals surface area contributed by atoms with E-state index in [-0.39, 0.29) is 5.78 Å². The quantitative estimate of drug-likeness (QED) is 0.731. The highest BCUT2D eigenvalue weighted by molar-refractivity contribution is 7.18. The first kappa shape index (κ1) is 18.2. The van der Waals surface area contributed by atoms with E-state index < -0.39 is 11.7 Å². The fourth-order valence-corrected chi connectivity index (χ4v) is 2.91. The van der Waals surface area contributed by atoms with Gasteiger partial charge in [0.25, 0.3) is 0 Å². The van der Waals surface area contributed by atoms with E-state index in [1.54, 1.807) is 32.9 Å². The maximum atomic E-state index is 12.4. The average Bonchev–Trinajstić information content (AvgIpc) is 3.11. The van der Waals surface area contributed by atoms with Crippen LogP contribution in [0.1, 0.15) is 56.6 Å². The number of hydrogen-bond donors (Lipinski definition) is 1. The zero-order valence-electron chi connectivity index (χ0n) is 14.3. The summed E-state index contributed by atoms with van der Waals surface area (Å²) in [5.74, 6) is 0.501. The van der Waals surface area contributed by atoms with E-state index in [0.717, 1.165) is 24.2 Å². The van der Waals surface area contributed by atoms with Gasteiger partial charge in [0.15, 0.2) is 16.7 Å². The molecule has 0 aliphatic heterocycles. The number of rotatable bonds is 6. The number of unbranched alkanes of at least 4 members (excludes halogenated alkanes) is 1. The molecule has 0 spiro atoms. The lowest BCUT2D eigenvalue weighted by Gasteiger charge is -2.18. The van der Waals surface area contributed by atoms with Crippen LogP contribution in [-0.2, 0) is 4.74 Å². The number of carbonyl (C=O) groups is 2. The predicted molar refractivity (Wildman–Crippen MR) is 93.5 cm³/mol. The molecule has 24 heavy (non-hydrogen) atoms. The number of furan rings is 1. The van der Waals surface area contributed by atoms with E-state index in [1.165, 1.54) is 6.26 Å². The van der Waals surface area contributed by atoms with Crippen molar-refractivity contribution in [2.45, 2.75) is 52.6 Å². The maximum absolute atomic E-state index is 12.4. The molecule has 0 saturated heterocycles. The molecule has 0 fully saturated rings. The van der Waals surface area contributed by atoms with Crippen molar-refractivity contribution < 1.29 is 18.7 Å². The lowest BCUT2D eigenvalue weighted by Crippen LogP contribution is -2.27. The van der Waals surface area contributed by atoms with E-state index >= 15 is 0 Å². The average molecular weight is 350 g/mol. The topological polar surface area (TPSA) is 81.4 Å². The van der Waals surface area contributed by atoms with Gasteiger partial charge in [-0.3, -0.25) is 10.1 Å². The molecule has 0 saturated carbocycles. The molecule has 0 aliphatic rings. The number of carbonyl (C=O) groups excluding carboxylic acids is 2. The Balaban J connectivity index is 2.24. The molecule has 2 aromatic heterocycles. The van der Waals surface area contributed by atoms with Crippen LogP contribution in [0.15, 0.2) is 22.8 Å². The van der Waals surface area contributed by atoms with Crippen molar-refractivity contribution in [2.24, 2.45) is 0 Å². The summed E-state index contributed by atoms with van der Waals surface area (Å²) in [7, 11) is 0. The minimum atomic E-state index is -0.606. The van der Waals surface area contributed by atoms with E-state index in [0.29, 0.717) is 27.9 Å². The van der Waals surface area contributed by atoms with Crippen LogP contribution in [0.3, 0.4) is 0 Å². The number of ether oxygens (including phenoxy) is 1. The first-order chi connectivity index (χ1) is 11.3. The van der Waals surface area contributed by atoms with Gasteiger partial charge in [-0.2, -0.15) is 0 Å². The summed E-state index contributed by atoms with van der Waals surface area (Å²) in [5, 5.41) is 2.90. The highest BCUT2D eigenvalue weighted by atomic mass is 32.1. The Bertz CT molecular complexity index is 699. The Morgan fingerprint density at radius 3 is 2.71 bits per heavy atom. The monoisotopic (exact) mass is 350 g/mol. The molecule has 7 heteroatoms. The summed E-state index contributed by atoms with van der Waals surface area (Å²) in [6, 6.07) is 3.47. The smallest absolute Gasteiger partial charge is 0.413 e. The van der Waals surface area contributed by atoms with E-state index in [2.05, 4.69) is 10.3 Å². The molecule has 2 rings (SSSR count). The molecule has 0 atom stereocenters. The van der Waals surface area contributed by atoms with Gasteiger partial charge in [0.05, 0.1) is 6.26 Å². The van der Waals surface area contributed by atoms with Gasteiger partial charge < -0.3 is 9.15 Å². The number of ketones is 1. The predicted octanol–water partition coefficient (Wildman–Crippen LogP) is 5.12. The van der Waals surface area contributed by atoms with Crippen LogP contribution in [0.25, 0.3) is 11.5 Å². The van der Waals surface area contributed by atoms with Gasteiger partial charge >= 0.3 is 6.09 Å². The fourth-order valence-electron chi connectivity index (χ4n) is 1.98. The third-order valence-electron chi connectivity index (χ3n) is 3.00. The Kier molecular flexibility index (Phi) is 5.77. The number of hydrogen-bond acceptors (Lipinski definition) is 6. The summed E-state index contributed by atoms with van der Waals surface area (Å²) >= 11 is 1.14. The van der Waals surface area contributed by atoms with Crippen molar-refractivity contribution in [3.63, 3.8) is 0 Å². The normalized spacial score (nSPS) is 11.3. The minimum absolute atomic E-state index is 0.00186. The third-order valence-corrected chi connectivity index (χ3v) is 4.01. The van der Waals surface area contributed by atoms with Gasteiger partial charge in [-0.15, -0.1) is 0 Å². The van der Waals surface area contributed by atoms with Crippen molar-refractivity contribution in [3.8, 4) is 11.5 Å².